The minimum atomic E-state index is -0.886. The number of aromatic nitrogens is 2. The predicted molar refractivity (Wildman–Crippen MR) is 64.0 cm³/mol. The number of hydrogen-bond acceptors (Lipinski definition) is 5. The number of alkyl halides is 1. The average Bonchev–Trinajstić information content (AvgIpc) is 2.29. The van der Waals surface area contributed by atoms with Crippen molar-refractivity contribution < 1.29 is 9.72 Å². The molecule has 0 radical (unpaired) electrons. The number of halogens is 3. The van der Waals surface area contributed by atoms with Gasteiger partial charge < -0.3 is 10.1 Å². The van der Waals surface area contributed by atoms with Gasteiger partial charge in [-0.3, -0.25) is 9.59 Å². The lowest BCUT2D eigenvalue weighted by molar-refractivity contribution is -0.390. The Morgan fingerprint density at radius 2 is 2.06 bits per heavy atom. The third kappa shape index (κ3) is 3.02. The standard InChI is InChI=1S/C7H4BrCl2N3O4/c8-1-3(14)2-12-7(15)5(10)4(9)6(11-12)13(16)17/h1-2H2. The van der Waals surface area contributed by atoms with E-state index < -0.39 is 32.9 Å². The lowest BCUT2D eigenvalue weighted by Crippen LogP contribution is -2.28. The maximum absolute atomic E-state index is 11.5. The van der Waals surface area contributed by atoms with Crippen LogP contribution < -0.4 is 5.56 Å². The van der Waals surface area contributed by atoms with Crippen LogP contribution in [0.15, 0.2) is 4.79 Å². The second kappa shape index (κ2) is 5.56. The third-order valence-corrected chi connectivity index (χ3v) is 3.11. The first-order valence-corrected chi connectivity index (χ1v) is 5.94. The molecule has 0 spiro atoms. The second-order valence-electron chi connectivity index (χ2n) is 2.84. The highest BCUT2D eigenvalue weighted by Gasteiger charge is 2.24. The van der Waals surface area contributed by atoms with E-state index in [2.05, 4.69) is 21.0 Å². The van der Waals surface area contributed by atoms with Gasteiger partial charge >= 0.3 is 11.4 Å². The second-order valence-corrected chi connectivity index (χ2v) is 4.16. The van der Waals surface area contributed by atoms with Crippen LogP contribution in [0.2, 0.25) is 10.0 Å². The van der Waals surface area contributed by atoms with Gasteiger partial charge in [-0.1, -0.05) is 39.1 Å². The summed E-state index contributed by atoms with van der Waals surface area (Å²) in [7, 11) is 0. The monoisotopic (exact) mass is 343 g/mol. The minimum Gasteiger partial charge on any atom is -0.358 e. The molecule has 0 saturated carbocycles. The van der Waals surface area contributed by atoms with Crippen molar-refractivity contribution in [2.75, 3.05) is 5.33 Å². The highest BCUT2D eigenvalue weighted by Crippen LogP contribution is 2.26. The van der Waals surface area contributed by atoms with E-state index in [9.17, 15) is 19.7 Å². The van der Waals surface area contributed by atoms with E-state index in [0.29, 0.717) is 4.68 Å². The van der Waals surface area contributed by atoms with Gasteiger partial charge in [-0.05, 0) is 4.92 Å². The molecule has 17 heavy (non-hydrogen) atoms. The summed E-state index contributed by atoms with van der Waals surface area (Å²) in [4.78, 5) is 32.3. The smallest absolute Gasteiger partial charge is 0.358 e. The predicted octanol–water partition coefficient (Wildman–Crippen LogP) is 1.42. The number of carbonyl (C=O) groups is 1. The molecule has 1 heterocycles. The van der Waals surface area contributed by atoms with Gasteiger partial charge in [0, 0.05) is 0 Å². The number of Topliss-reactive ketones (excluding diaryl/α,β-unsaturated/α-hetero) is 1. The molecule has 0 bridgehead atoms. The van der Waals surface area contributed by atoms with Crippen LogP contribution in [0.3, 0.4) is 0 Å². The molecule has 0 fully saturated rings. The number of carbonyl (C=O) groups excluding carboxylic acids is 1. The van der Waals surface area contributed by atoms with Crippen LogP contribution in [-0.2, 0) is 11.3 Å². The number of hydrogen-bond donors (Lipinski definition) is 0. The largest absolute Gasteiger partial charge is 0.408 e. The fourth-order valence-electron chi connectivity index (χ4n) is 0.942. The van der Waals surface area contributed by atoms with Crippen molar-refractivity contribution in [3.8, 4) is 0 Å². The summed E-state index contributed by atoms with van der Waals surface area (Å²) in [6.45, 7) is -0.415. The van der Waals surface area contributed by atoms with Crippen molar-refractivity contribution in [2.45, 2.75) is 6.54 Å². The van der Waals surface area contributed by atoms with Crippen LogP contribution in [-0.4, -0.2) is 25.8 Å². The minimum absolute atomic E-state index is 0.00480. The van der Waals surface area contributed by atoms with Crippen LogP contribution in [0.1, 0.15) is 0 Å². The van der Waals surface area contributed by atoms with E-state index in [1.807, 2.05) is 0 Å². The molecular formula is C7H4BrCl2N3O4. The van der Waals surface area contributed by atoms with Gasteiger partial charge in [0.2, 0.25) is 0 Å². The van der Waals surface area contributed by atoms with Crippen molar-refractivity contribution in [3.63, 3.8) is 0 Å². The van der Waals surface area contributed by atoms with E-state index in [0.717, 1.165) is 0 Å². The SMILES string of the molecule is O=C(CBr)Cn1nc([N+](=O)[O-])c(Cl)c(Cl)c1=O. The van der Waals surface area contributed by atoms with E-state index in [4.69, 9.17) is 23.2 Å². The Hall–Kier alpha value is -0.990. The van der Waals surface area contributed by atoms with Gasteiger partial charge in [0.25, 0.3) is 0 Å². The highest BCUT2D eigenvalue weighted by molar-refractivity contribution is 9.09. The van der Waals surface area contributed by atoms with E-state index in [-0.39, 0.29) is 11.1 Å². The van der Waals surface area contributed by atoms with Crippen molar-refractivity contribution in [2.24, 2.45) is 0 Å². The average molecular weight is 345 g/mol. The molecule has 0 N–H and O–H groups in total. The molecule has 0 atom stereocenters. The Morgan fingerprint density at radius 3 is 2.53 bits per heavy atom. The topological polar surface area (TPSA) is 95.1 Å². The van der Waals surface area contributed by atoms with Crippen molar-refractivity contribution in [3.05, 3.63) is 30.5 Å². The summed E-state index contributed by atoms with van der Waals surface area (Å²) in [5, 5.41) is 12.9. The number of nitro groups is 1. The van der Waals surface area contributed by atoms with Gasteiger partial charge in [0.15, 0.2) is 10.8 Å². The van der Waals surface area contributed by atoms with Gasteiger partial charge in [-0.15, -0.1) is 4.68 Å². The highest BCUT2D eigenvalue weighted by atomic mass is 79.9. The summed E-state index contributed by atoms with van der Waals surface area (Å²) < 4.78 is 0.607. The maximum atomic E-state index is 11.5. The molecule has 1 rings (SSSR count). The fourth-order valence-corrected chi connectivity index (χ4v) is 1.49. The molecule has 0 aliphatic carbocycles. The number of ketones is 1. The molecule has 7 nitrogen and oxygen atoms in total. The molecular weight excluding hydrogens is 341 g/mol. The number of nitrogens with zero attached hydrogens (tertiary/aromatic N) is 3. The first kappa shape index (κ1) is 14.1. The molecule has 0 unspecified atom stereocenters. The molecule has 92 valence electrons. The molecule has 1 aromatic rings. The zero-order valence-corrected chi connectivity index (χ0v) is 11.1. The lowest BCUT2D eigenvalue weighted by Gasteiger charge is -2.01. The molecule has 0 amide bonds. The summed E-state index contributed by atoms with van der Waals surface area (Å²) in [6, 6.07) is 0. The summed E-state index contributed by atoms with van der Waals surface area (Å²) in [5.41, 5.74) is -0.850. The summed E-state index contributed by atoms with van der Waals surface area (Å²) in [5.74, 6) is -1.15. The first-order chi connectivity index (χ1) is 7.88. The van der Waals surface area contributed by atoms with Crippen LogP contribution in [0.25, 0.3) is 0 Å². The van der Waals surface area contributed by atoms with Crippen molar-refractivity contribution >= 4 is 50.7 Å². The van der Waals surface area contributed by atoms with E-state index >= 15 is 0 Å². The summed E-state index contributed by atoms with van der Waals surface area (Å²) >= 11 is 13.9. The molecule has 0 aliphatic heterocycles. The van der Waals surface area contributed by atoms with Crippen LogP contribution >= 0.6 is 39.1 Å². The molecule has 10 heteroatoms. The van der Waals surface area contributed by atoms with E-state index in [1.54, 1.807) is 0 Å². The Labute approximate surface area is 113 Å². The maximum Gasteiger partial charge on any atom is 0.408 e. The van der Waals surface area contributed by atoms with E-state index in [1.165, 1.54) is 0 Å². The Kier molecular flexibility index (Phi) is 4.61. The molecule has 0 saturated heterocycles. The van der Waals surface area contributed by atoms with Crippen molar-refractivity contribution in [1.82, 2.24) is 9.78 Å². The number of rotatable bonds is 4. The lowest BCUT2D eigenvalue weighted by atomic mass is 10.4. The third-order valence-electron chi connectivity index (χ3n) is 1.67. The molecule has 0 aromatic carbocycles. The zero-order chi connectivity index (χ0) is 13.2. The van der Waals surface area contributed by atoms with Crippen molar-refractivity contribution in [1.29, 1.82) is 0 Å². The Bertz CT molecular complexity index is 545. The Balaban J connectivity index is 3.37. The van der Waals surface area contributed by atoms with Crippen LogP contribution in [0.4, 0.5) is 5.82 Å². The normalized spacial score (nSPS) is 10.3. The molecule has 0 aliphatic rings. The summed E-state index contributed by atoms with van der Waals surface area (Å²) in [6.07, 6.45) is 0. The van der Waals surface area contributed by atoms with Gasteiger partial charge in [0.05, 0.1) is 10.4 Å². The van der Waals surface area contributed by atoms with Gasteiger partial charge in [-0.2, -0.15) is 0 Å². The van der Waals surface area contributed by atoms with Crippen LogP contribution in [0, 0.1) is 10.1 Å². The first-order valence-electron chi connectivity index (χ1n) is 4.06. The van der Waals surface area contributed by atoms with Gasteiger partial charge in [-0.25, -0.2) is 0 Å². The molecule has 1 aromatic heterocycles. The zero-order valence-electron chi connectivity index (χ0n) is 8.02. The fraction of sp³-hybridized carbons (Fsp3) is 0.286. The Morgan fingerprint density at radius 1 is 1.47 bits per heavy atom. The van der Waals surface area contributed by atoms with Gasteiger partial charge in [0.1, 0.15) is 11.6 Å². The quantitative estimate of drug-likeness (QED) is 0.467. The van der Waals surface area contributed by atoms with Crippen LogP contribution in [0.5, 0.6) is 0 Å².